The van der Waals surface area contributed by atoms with Crippen molar-refractivity contribution in [3.63, 3.8) is 0 Å². The monoisotopic (exact) mass is 448 g/mol. The molecular formula is C26H28N2O3S. The summed E-state index contributed by atoms with van der Waals surface area (Å²) < 4.78 is 6.38. The molecule has 1 amide bonds. The number of aromatic nitrogens is 1. The number of allylic oxidation sites excluding steroid dienone is 2. The molecule has 0 saturated heterocycles. The molecule has 32 heavy (non-hydrogen) atoms. The van der Waals surface area contributed by atoms with Crippen LogP contribution < -0.4 is 5.32 Å². The van der Waals surface area contributed by atoms with E-state index in [1.807, 2.05) is 36.9 Å². The van der Waals surface area contributed by atoms with E-state index in [-0.39, 0.29) is 12.0 Å². The molecule has 5 nitrogen and oxygen atoms in total. The van der Waals surface area contributed by atoms with Gasteiger partial charge in [0.25, 0.3) is 5.91 Å². The SMILES string of the molecule is C/C=C\C1=C(C)CC(OC(C(=O)Nc2ccc(C=O)cn2)c2ccc(SC3CC3)cc2)C1. The summed E-state index contributed by atoms with van der Waals surface area (Å²) in [5.41, 5.74) is 3.86. The number of ether oxygens (including phenoxy) is 1. The molecule has 166 valence electrons. The van der Waals surface area contributed by atoms with E-state index in [9.17, 15) is 9.59 Å². The number of anilines is 1. The molecule has 0 spiro atoms. The fourth-order valence-corrected chi connectivity index (χ4v) is 4.85. The average Bonchev–Trinajstić information content (AvgIpc) is 3.55. The van der Waals surface area contributed by atoms with Crippen LogP contribution in [0.25, 0.3) is 0 Å². The Morgan fingerprint density at radius 1 is 1.19 bits per heavy atom. The van der Waals surface area contributed by atoms with Crippen molar-refractivity contribution in [3.8, 4) is 0 Å². The van der Waals surface area contributed by atoms with Gasteiger partial charge in [0, 0.05) is 21.9 Å². The van der Waals surface area contributed by atoms with E-state index >= 15 is 0 Å². The number of nitrogens with zero attached hydrogens (tertiary/aromatic N) is 1. The van der Waals surface area contributed by atoms with Crippen molar-refractivity contribution >= 4 is 29.8 Å². The zero-order valence-electron chi connectivity index (χ0n) is 18.4. The number of pyridine rings is 1. The second-order valence-corrected chi connectivity index (χ2v) is 9.70. The van der Waals surface area contributed by atoms with Crippen LogP contribution in [0.4, 0.5) is 5.82 Å². The Labute approximate surface area is 193 Å². The van der Waals surface area contributed by atoms with Crippen molar-refractivity contribution in [2.75, 3.05) is 5.32 Å². The highest BCUT2D eigenvalue weighted by Gasteiger charge is 2.30. The summed E-state index contributed by atoms with van der Waals surface area (Å²) in [6.45, 7) is 4.13. The topological polar surface area (TPSA) is 68.3 Å². The van der Waals surface area contributed by atoms with Crippen LogP contribution in [0.5, 0.6) is 0 Å². The van der Waals surface area contributed by atoms with Crippen LogP contribution in [-0.4, -0.2) is 28.5 Å². The molecule has 1 aromatic carbocycles. The van der Waals surface area contributed by atoms with Gasteiger partial charge in [-0.3, -0.25) is 9.59 Å². The first-order valence-corrected chi connectivity index (χ1v) is 11.9. The second-order valence-electron chi connectivity index (χ2n) is 8.32. The summed E-state index contributed by atoms with van der Waals surface area (Å²) in [4.78, 5) is 29.5. The van der Waals surface area contributed by atoms with Crippen LogP contribution in [0.15, 0.2) is 70.8 Å². The van der Waals surface area contributed by atoms with Crippen molar-refractivity contribution in [3.05, 3.63) is 77.0 Å². The zero-order valence-corrected chi connectivity index (χ0v) is 19.2. The molecule has 2 unspecified atom stereocenters. The summed E-state index contributed by atoms with van der Waals surface area (Å²) >= 11 is 1.89. The largest absolute Gasteiger partial charge is 0.360 e. The van der Waals surface area contributed by atoms with Gasteiger partial charge in [-0.15, -0.1) is 11.8 Å². The van der Waals surface area contributed by atoms with Gasteiger partial charge in [-0.25, -0.2) is 4.98 Å². The van der Waals surface area contributed by atoms with Gasteiger partial charge in [0.15, 0.2) is 12.4 Å². The molecule has 4 rings (SSSR count). The number of hydrogen-bond acceptors (Lipinski definition) is 5. The molecule has 2 atom stereocenters. The Balaban J connectivity index is 1.51. The predicted molar refractivity (Wildman–Crippen MR) is 128 cm³/mol. The first kappa shape index (κ1) is 22.5. The molecule has 0 aliphatic heterocycles. The molecule has 0 bridgehead atoms. The molecule has 2 aromatic rings. The third-order valence-electron chi connectivity index (χ3n) is 5.65. The number of rotatable bonds is 9. The Bertz CT molecular complexity index is 1020. The lowest BCUT2D eigenvalue weighted by atomic mass is 10.1. The third-order valence-corrected chi connectivity index (χ3v) is 7.00. The molecule has 1 N–H and O–H groups in total. The van der Waals surface area contributed by atoms with E-state index in [1.165, 1.54) is 35.1 Å². The second kappa shape index (κ2) is 10.3. The van der Waals surface area contributed by atoms with Crippen LogP contribution in [-0.2, 0) is 9.53 Å². The van der Waals surface area contributed by atoms with Crippen molar-refractivity contribution < 1.29 is 14.3 Å². The zero-order chi connectivity index (χ0) is 22.5. The quantitative estimate of drug-likeness (QED) is 0.484. The average molecular weight is 449 g/mol. The molecule has 6 heteroatoms. The highest BCUT2D eigenvalue weighted by atomic mass is 32.2. The van der Waals surface area contributed by atoms with Gasteiger partial charge in [-0.1, -0.05) is 29.9 Å². The molecule has 0 radical (unpaired) electrons. The lowest BCUT2D eigenvalue weighted by Crippen LogP contribution is -2.27. The number of carbonyl (C=O) groups is 2. The molecule has 2 aliphatic rings. The molecule has 1 aromatic heterocycles. The number of benzene rings is 1. The van der Waals surface area contributed by atoms with Gasteiger partial charge in [0.05, 0.1) is 6.10 Å². The van der Waals surface area contributed by atoms with E-state index in [0.717, 1.165) is 29.9 Å². The molecule has 1 saturated carbocycles. The fraction of sp³-hybridized carbons (Fsp3) is 0.346. The first-order chi connectivity index (χ1) is 15.6. The minimum atomic E-state index is -0.745. The van der Waals surface area contributed by atoms with Crippen LogP contribution in [0.3, 0.4) is 0 Å². The minimum Gasteiger partial charge on any atom is -0.360 e. The van der Waals surface area contributed by atoms with Crippen molar-refractivity contribution in [2.45, 2.75) is 61.9 Å². The van der Waals surface area contributed by atoms with E-state index in [1.54, 1.807) is 12.1 Å². The van der Waals surface area contributed by atoms with Gasteiger partial charge >= 0.3 is 0 Å². The fourth-order valence-electron chi connectivity index (χ4n) is 3.80. The van der Waals surface area contributed by atoms with Crippen LogP contribution in [0, 0.1) is 0 Å². The highest BCUT2D eigenvalue weighted by Crippen LogP contribution is 2.40. The number of hydrogen-bond donors (Lipinski definition) is 1. The Morgan fingerprint density at radius 2 is 1.97 bits per heavy atom. The predicted octanol–water partition coefficient (Wildman–Crippen LogP) is 5.90. The number of nitrogens with one attached hydrogen (secondary N) is 1. The summed E-state index contributed by atoms with van der Waals surface area (Å²) in [7, 11) is 0. The maximum absolute atomic E-state index is 13.2. The smallest absolute Gasteiger partial charge is 0.259 e. The van der Waals surface area contributed by atoms with E-state index in [2.05, 4.69) is 35.4 Å². The summed E-state index contributed by atoms with van der Waals surface area (Å²) in [5.74, 6) is 0.126. The first-order valence-electron chi connectivity index (χ1n) is 11.0. The number of aldehydes is 1. The number of thioether (sulfide) groups is 1. The van der Waals surface area contributed by atoms with Crippen molar-refractivity contribution in [1.82, 2.24) is 4.98 Å². The van der Waals surface area contributed by atoms with Gasteiger partial charge < -0.3 is 10.1 Å². The van der Waals surface area contributed by atoms with E-state index in [4.69, 9.17) is 4.74 Å². The van der Waals surface area contributed by atoms with Gasteiger partial charge in [0.2, 0.25) is 0 Å². The molecule has 1 fully saturated rings. The number of carbonyl (C=O) groups excluding carboxylic acids is 2. The van der Waals surface area contributed by atoms with Crippen LogP contribution in [0.2, 0.25) is 0 Å². The normalized spacial score (nSPS) is 19.4. The maximum Gasteiger partial charge on any atom is 0.259 e. The van der Waals surface area contributed by atoms with Crippen molar-refractivity contribution in [1.29, 1.82) is 0 Å². The lowest BCUT2D eigenvalue weighted by Gasteiger charge is -2.22. The van der Waals surface area contributed by atoms with Gasteiger partial charge in [0.1, 0.15) is 5.82 Å². The van der Waals surface area contributed by atoms with Crippen LogP contribution in [0.1, 0.15) is 61.6 Å². The lowest BCUT2D eigenvalue weighted by molar-refractivity contribution is -0.131. The standard InChI is InChI=1S/C26H28N2O3S/c1-3-4-20-14-21(13-17(20)2)31-25(19-6-8-22(9-7-19)32-23-10-11-23)26(30)28-24-12-5-18(16-29)15-27-24/h3-9,12,15-16,21,23,25H,10-11,13-14H2,1-2H3,(H,27,28,30)/b4-3-. The molecular weight excluding hydrogens is 420 g/mol. The minimum absolute atomic E-state index is 0.0529. The van der Waals surface area contributed by atoms with Gasteiger partial charge in [-0.05, 0) is 74.9 Å². The third kappa shape index (κ3) is 5.75. The van der Waals surface area contributed by atoms with E-state index in [0.29, 0.717) is 11.4 Å². The van der Waals surface area contributed by atoms with Crippen molar-refractivity contribution in [2.24, 2.45) is 0 Å². The Morgan fingerprint density at radius 3 is 2.59 bits per heavy atom. The summed E-state index contributed by atoms with van der Waals surface area (Å²) in [6.07, 6.45) is 9.69. The maximum atomic E-state index is 13.2. The summed E-state index contributed by atoms with van der Waals surface area (Å²) in [5, 5.41) is 3.58. The Hall–Kier alpha value is -2.70. The summed E-state index contributed by atoms with van der Waals surface area (Å²) in [6, 6.07) is 11.4. The number of amides is 1. The van der Waals surface area contributed by atoms with E-state index < -0.39 is 6.10 Å². The Kier molecular flexibility index (Phi) is 7.22. The van der Waals surface area contributed by atoms with Gasteiger partial charge in [-0.2, -0.15) is 0 Å². The highest BCUT2D eigenvalue weighted by molar-refractivity contribution is 8.00. The molecule has 2 aliphatic carbocycles. The van der Waals surface area contributed by atoms with Crippen LogP contribution >= 0.6 is 11.8 Å². The molecule has 1 heterocycles.